The molecule has 2 aromatic carbocycles. The minimum atomic E-state index is -0.534. The number of carbonyl (C=O) groups is 1. The summed E-state index contributed by atoms with van der Waals surface area (Å²) in [4.78, 5) is 24.7. The first kappa shape index (κ1) is 17.7. The highest BCUT2D eigenvalue weighted by Crippen LogP contribution is 2.22. The van der Waals surface area contributed by atoms with E-state index in [0.717, 1.165) is 22.1 Å². The highest BCUT2D eigenvalue weighted by atomic mass is 19.1. The number of methoxy groups -OCH3 is 1. The van der Waals surface area contributed by atoms with E-state index in [1.165, 1.54) is 12.1 Å². The standard InChI is InChI=1S/C19H18FN3O3/c1-12(13-3-6-16(26-2)7-4-13)9-15(24)11-23-19(25)17-10-14(20)5-8-18(17)21-22-23/h3-8,10,12H,9,11H2,1-2H3/t12-/m1/s1. The molecule has 0 N–H and O–H groups in total. The first-order valence-electron chi connectivity index (χ1n) is 8.16. The summed E-state index contributed by atoms with van der Waals surface area (Å²) in [5.41, 5.74) is 0.768. The fraction of sp³-hybridized carbons (Fsp3) is 0.263. The summed E-state index contributed by atoms with van der Waals surface area (Å²) in [6.45, 7) is 1.74. The molecule has 0 amide bonds. The molecular formula is C19H18FN3O3. The molecule has 0 spiro atoms. The lowest BCUT2D eigenvalue weighted by Crippen LogP contribution is -2.28. The Balaban J connectivity index is 1.74. The Hall–Kier alpha value is -3.09. The smallest absolute Gasteiger partial charge is 0.278 e. The van der Waals surface area contributed by atoms with E-state index in [0.29, 0.717) is 5.52 Å². The van der Waals surface area contributed by atoms with Gasteiger partial charge in [-0.3, -0.25) is 9.59 Å². The average molecular weight is 355 g/mol. The molecule has 134 valence electrons. The van der Waals surface area contributed by atoms with E-state index in [1.54, 1.807) is 7.11 Å². The van der Waals surface area contributed by atoms with Crippen molar-refractivity contribution in [3.63, 3.8) is 0 Å². The van der Waals surface area contributed by atoms with E-state index < -0.39 is 11.4 Å². The maximum absolute atomic E-state index is 13.4. The van der Waals surface area contributed by atoms with Crippen molar-refractivity contribution in [2.24, 2.45) is 0 Å². The number of ketones is 1. The molecule has 6 nitrogen and oxygen atoms in total. The Morgan fingerprint density at radius 3 is 2.65 bits per heavy atom. The molecule has 0 bridgehead atoms. The Morgan fingerprint density at radius 1 is 1.23 bits per heavy atom. The number of halogens is 1. The molecule has 0 radical (unpaired) electrons. The van der Waals surface area contributed by atoms with Gasteiger partial charge in [-0.1, -0.05) is 24.3 Å². The van der Waals surface area contributed by atoms with Gasteiger partial charge in [0.15, 0.2) is 5.78 Å². The summed E-state index contributed by atoms with van der Waals surface area (Å²) in [7, 11) is 1.59. The molecule has 3 aromatic rings. The van der Waals surface area contributed by atoms with Crippen molar-refractivity contribution in [1.82, 2.24) is 15.0 Å². The number of ether oxygens (including phenoxy) is 1. The van der Waals surface area contributed by atoms with Crippen LogP contribution in [-0.2, 0) is 11.3 Å². The van der Waals surface area contributed by atoms with Crippen molar-refractivity contribution in [3.05, 3.63) is 64.2 Å². The fourth-order valence-corrected chi connectivity index (χ4v) is 2.78. The number of benzene rings is 2. The van der Waals surface area contributed by atoms with E-state index in [1.807, 2.05) is 31.2 Å². The largest absolute Gasteiger partial charge is 0.497 e. The van der Waals surface area contributed by atoms with Crippen LogP contribution in [0.1, 0.15) is 24.8 Å². The molecule has 0 saturated heterocycles. The van der Waals surface area contributed by atoms with Crippen molar-refractivity contribution in [2.75, 3.05) is 7.11 Å². The predicted molar refractivity (Wildman–Crippen MR) is 94.8 cm³/mol. The molecule has 0 fully saturated rings. The highest BCUT2D eigenvalue weighted by Gasteiger charge is 2.15. The molecule has 3 rings (SSSR count). The van der Waals surface area contributed by atoms with Gasteiger partial charge in [0.2, 0.25) is 0 Å². The van der Waals surface area contributed by atoms with Gasteiger partial charge in [0, 0.05) is 6.42 Å². The quantitative estimate of drug-likeness (QED) is 0.680. The van der Waals surface area contributed by atoms with Gasteiger partial charge in [0.25, 0.3) is 5.56 Å². The zero-order valence-electron chi connectivity index (χ0n) is 14.5. The van der Waals surface area contributed by atoms with Crippen LogP contribution in [0.25, 0.3) is 10.9 Å². The first-order chi connectivity index (χ1) is 12.5. The zero-order chi connectivity index (χ0) is 18.7. The molecule has 0 unspecified atom stereocenters. The van der Waals surface area contributed by atoms with Crippen molar-refractivity contribution in [3.8, 4) is 5.75 Å². The van der Waals surface area contributed by atoms with E-state index >= 15 is 0 Å². The van der Waals surface area contributed by atoms with Gasteiger partial charge in [-0.25, -0.2) is 9.07 Å². The third-order valence-electron chi connectivity index (χ3n) is 4.23. The van der Waals surface area contributed by atoms with Crippen LogP contribution in [-0.4, -0.2) is 27.9 Å². The Labute approximate surface area is 149 Å². The number of hydrogen-bond acceptors (Lipinski definition) is 5. The fourth-order valence-electron chi connectivity index (χ4n) is 2.78. The van der Waals surface area contributed by atoms with Crippen LogP contribution in [0, 0.1) is 5.82 Å². The number of fused-ring (bicyclic) bond motifs is 1. The van der Waals surface area contributed by atoms with Crippen molar-refractivity contribution in [2.45, 2.75) is 25.8 Å². The first-order valence-corrected chi connectivity index (χ1v) is 8.16. The molecule has 7 heteroatoms. The second-order valence-corrected chi connectivity index (χ2v) is 6.13. The second kappa shape index (κ2) is 7.43. The zero-order valence-corrected chi connectivity index (χ0v) is 14.5. The molecular weight excluding hydrogens is 337 g/mol. The SMILES string of the molecule is COc1ccc([C@H](C)CC(=O)Cn2nnc3ccc(F)cc3c2=O)cc1. The molecule has 1 atom stereocenters. The molecule has 26 heavy (non-hydrogen) atoms. The normalized spacial score (nSPS) is 12.1. The lowest BCUT2D eigenvalue weighted by atomic mass is 9.95. The molecule has 0 aliphatic carbocycles. The number of Topliss-reactive ketones (excluding diaryl/α,β-unsaturated/α-hetero) is 1. The van der Waals surface area contributed by atoms with Gasteiger partial charge in [-0.2, -0.15) is 0 Å². The number of carbonyl (C=O) groups excluding carboxylic acids is 1. The van der Waals surface area contributed by atoms with Gasteiger partial charge in [-0.05, 0) is 41.8 Å². The summed E-state index contributed by atoms with van der Waals surface area (Å²) in [6, 6.07) is 11.2. The lowest BCUT2D eigenvalue weighted by Gasteiger charge is -2.12. The van der Waals surface area contributed by atoms with Gasteiger partial charge >= 0.3 is 0 Å². The molecule has 1 aromatic heterocycles. The Morgan fingerprint density at radius 2 is 1.96 bits per heavy atom. The van der Waals surface area contributed by atoms with Gasteiger partial charge < -0.3 is 4.74 Å². The summed E-state index contributed by atoms with van der Waals surface area (Å²) in [6.07, 6.45) is 0.252. The Bertz CT molecular complexity index is 999. The summed E-state index contributed by atoms with van der Waals surface area (Å²) in [5.74, 6) is 0.0431. The maximum atomic E-state index is 13.4. The monoisotopic (exact) mass is 355 g/mol. The number of rotatable bonds is 6. The minimum Gasteiger partial charge on any atom is -0.497 e. The van der Waals surface area contributed by atoms with E-state index in [9.17, 15) is 14.0 Å². The van der Waals surface area contributed by atoms with Crippen molar-refractivity contribution < 1.29 is 13.9 Å². The van der Waals surface area contributed by atoms with Gasteiger partial charge in [0.05, 0.1) is 12.5 Å². The minimum absolute atomic E-state index is 0.0185. The third-order valence-corrected chi connectivity index (χ3v) is 4.23. The Kier molecular flexibility index (Phi) is 5.06. The number of nitrogens with zero attached hydrogens (tertiary/aromatic N) is 3. The predicted octanol–water partition coefficient (Wildman–Crippen LogP) is 2.70. The van der Waals surface area contributed by atoms with Crippen LogP contribution in [0.5, 0.6) is 5.75 Å². The molecule has 0 saturated carbocycles. The van der Waals surface area contributed by atoms with Crippen molar-refractivity contribution in [1.29, 1.82) is 0 Å². The number of hydrogen-bond donors (Lipinski definition) is 0. The highest BCUT2D eigenvalue weighted by molar-refractivity contribution is 5.80. The van der Waals surface area contributed by atoms with Gasteiger partial charge in [0.1, 0.15) is 23.6 Å². The van der Waals surface area contributed by atoms with E-state index in [4.69, 9.17) is 4.74 Å². The third kappa shape index (κ3) is 3.77. The summed E-state index contributed by atoms with van der Waals surface area (Å²) < 4.78 is 19.4. The molecule has 1 heterocycles. The van der Waals surface area contributed by atoms with Gasteiger partial charge in [-0.15, -0.1) is 5.10 Å². The van der Waals surface area contributed by atoms with Crippen LogP contribution >= 0.6 is 0 Å². The van der Waals surface area contributed by atoms with E-state index in [2.05, 4.69) is 10.3 Å². The van der Waals surface area contributed by atoms with Crippen LogP contribution in [0.2, 0.25) is 0 Å². The molecule has 0 aliphatic rings. The number of aromatic nitrogens is 3. The van der Waals surface area contributed by atoms with Crippen LogP contribution in [0.4, 0.5) is 4.39 Å². The lowest BCUT2D eigenvalue weighted by molar-refractivity contribution is -0.120. The molecule has 0 aliphatic heterocycles. The average Bonchev–Trinajstić information content (AvgIpc) is 2.64. The second-order valence-electron chi connectivity index (χ2n) is 6.13. The summed E-state index contributed by atoms with van der Waals surface area (Å²) >= 11 is 0. The maximum Gasteiger partial charge on any atom is 0.278 e. The van der Waals surface area contributed by atoms with Crippen molar-refractivity contribution >= 4 is 16.7 Å². The topological polar surface area (TPSA) is 74.1 Å². The summed E-state index contributed by atoms with van der Waals surface area (Å²) in [5, 5.41) is 7.75. The van der Waals surface area contributed by atoms with E-state index in [-0.39, 0.29) is 30.1 Å². The van der Waals surface area contributed by atoms with Crippen LogP contribution in [0.3, 0.4) is 0 Å². The van der Waals surface area contributed by atoms with Crippen LogP contribution in [0.15, 0.2) is 47.3 Å². The van der Waals surface area contributed by atoms with Crippen LogP contribution < -0.4 is 10.3 Å².